The van der Waals surface area contributed by atoms with Crippen molar-refractivity contribution < 1.29 is 23.8 Å². The fourth-order valence-corrected chi connectivity index (χ4v) is 3.23. The summed E-state index contributed by atoms with van der Waals surface area (Å²) in [5.74, 6) is -1.60. The third-order valence-electron chi connectivity index (χ3n) is 4.71. The summed E-state index contributed by atoms with van der Waals surface area (Å²) in [6.07, 6.45) is 1.22. The van der Waals surface area contributed by atoms with E-state index < -0.39 is 23.7 Å². The fraction of sp³-hybridized carbons (Fsp3) is 0.174. The molecule has 2 aromatic carbocycles. The molecule has 0 unspecified atom stereocenters. The molecule has 3 aromatic rings. The van der Waals surface area contributed by atoms with Gasteiger partial charge in [0.2, 0.25) is 0 Å². The number of carboxylic acids is 1. The van der Waals surface area contributed by atoms with E-state index in [0.717, 1.165) is 11.1 Å². The number of benzene rings is 2. The maximum absolute atomic E-state index is 13.5. The summed E-state index contributed by atoms with van der Waals surface area (Å²) in [5, 5.41) is 12.1. The van der Waals surface area contributed by atoms with E-state index in [0.29, 0.717) is 22.6 Å². The van der Waals surface area contributed by atoms with Crippen LogP contribution in [0.4, 0.5) is 4.39 Å². The third kappa shape index (κ3) is 4.81. The molecule has 0 aliphatic heterocycles. The van der Waals surface area contributed by atoms with Crippen LogP contribution in [0.1, 0.15) is 33.9 Å². The van der Waals surface area contributed by atoms with Gasteiger partial charge in [-0.05, 0) is 42.3 Å². The van der Waals surface area contributed by atoms with Crippen LogP contribution in [0.2, 0.25) is 0 Å². The Morgan fingerprint density at radius 1 is 1.17 bits per heavy atom. The molecule has 154 valence electrons. The average molecular weight is 408 g/mol. The number of pyridine rings is 1. The first kappa shape index (κ1) is 21.0. The molecule has 3 rings (SSSR count). The Hall–Kier alpha value is -3.74. The second-order valence-electron chi connectivity index (χ2n) is 6.75. The molecule has 1 atom stereocenters. The smallest absolute Gasteiger partial charge is 0.305 e. The maximum Gasteiger partial charge on any atom is 0.305 e. The van der Waals surface area contributed by atoms with Crippen molar-refractivity contribution in [3.8, 4) is 17.0 Å². The number of aliphatic carboxylic acids is 1. The van der Waals surface area contributed by atoms with E-state index in [-0.39, 0.29) is 6.42 Å². The van der Waals surface area contributed by atoms with E-state index in [1.165, 1.54) is 37.6 Å². The number of ether oxygens (including phenoxy) is 1. The molecule has 1 aromatic heterocycles. The minimum atomic E-state index is -1.02. The number of hydrogen-bond donors (Lipinski definition) is 2. The third-order valence-corrected chi connectivity index (χ3v) is 4.71. The van der Waals surface area contributed by atoms with Crippen LogP contribution in [0.25, 0.3) is 11.3 Å². The number of nitrogens with zero attached hydrogens (tertiary/aromatic N) is 1. The predicted molar refractivity (Wildman–Crippen MR) is 110 cm³/mol. The van der Waals surface area contributed by atoms with Gasteiger partial charge in [-0.25, -0.2) is 4.39 Å². The minimum Gasteiger partial charge on any atom is -0.496 e. The lowest BCUT2D eigenvalue weighted by molar-refractivity contribution is -0.137. The lowest BCUT2D eigenvalue weighted by atomic mass is 9.98. The quantitative estimate of drug-likeness (QED) is 0.613. The zero-order valence-corrected chi connectivity index (χ0v) is 16.6. The van der Waals surface area contributed by atoms with Crippen LogP contribution in [0.5, 0.6) is 5.75 Å². The Bertz CT molecular complexity index is 1080. The van der Waals surface area contributed by atoms with E-state index in [1.54, 1.807) is 18.2 Å². The molecule has 0 bridgehead atoms. The van der Waals surface area contributed by atoms with Crippen molar-refractivity contribution in [1.29, 1.82) is 0 Å². The Labute approximate surface area is 173 Å². The molecule has 0 spiro atoms. The lowest BCUT2D eigenvalue weighted by Gasteiger charge is -2.19. The number of aromatic nitrogens is 1. The number of nitrogens with one attached hydrogen (secondary N) is 1. The summed E-state index contributed by atoms with van der Waals surface area (Å²) in [6, 6.07) is 13.8. The van der Waals surface area contributed by atoms with Crippen LogP contribution in [0.3, 0.4) is 0 Å². The number of carbonyl (C=O) groups excluding carboxylic acids is 1. The Morgan fingerprint density at radius 3 is 2.63 bits per heavy atom. The lowest BCUT2D eigenvalue weighted by Crippen LogP contribution is -2.30. The van der Waals surface area contributed by atoms with E-state index in [1.807, 2.05) is 19.1 Å². The first-order chi connectivity index (χ1) is 14.4. The van der Waals surface area contributed by atoms with Crippen molar-refractivity contribution in [3.63, 3.8) is 0 Å². The van der Waals surface area contributed by atoms with Gasteiger partial charge in [-0.15, -0.1) is 0 Å². The summed E-state index contributed by atoms with van der Waals surface area (Å²) in [4.78, 5) is 28.5. The summed E-state index contributed by atoms with van der Waals surface area (Å²) in [5.41, 5.74) is 2.90. The Balaban J connectivity index is 1.90. The van der Waals surface area contributed by atoms with Gasteiger partial charge >= 0.3 is 5.97 Å². The summed E-state index contributed by atoms with van der Waals surface area (Å²) >= 11 is 0. The number of methoxy groups -OCH3 is 1. The summed E-state index contributed by atoms with van der Waals surface area (Å²) < 4.78 is 18.7. The molecule has 0 radical (unpaired) electrons. The van der Waals surface area contributed by atoms with Gasteiger partial charge in [0, 0.05) is 23.4 Å². The number of rotatable bonds is 7. The molecule has 0 aliphatic carbocycles. The van der Waals surface area contributed by atoms with Crippen LogP contribution in [0.15, 0.2) is 60.8 Å². The van der Waals surface area contributed by atoms with Gasteiger partial charge in [-0.2, -0.15) is 0 Å². The van der Waals surface area contributed by atoms with Crippen molar-refractivity contribution in [2.45, 2.75) is 19.4 Å². The molecule has 30 heavy (non-hydrogen) atoms. The van der Waals surface area contributed by atoms with Crippen molar-refractivity contribution in [2.75, 3.05) is 7.11 Å². The molecule has 7 heteroatoms. The zero-order chi connectivity index (χ0) is 21.7. The van der Waals surface area contributed by atoms with E-state index in [2.05, 4.69) is 10.3 Å². The number of halogens is 1. The predicted octanol–water partition coefficient (Wildman–Crippen LogP) is 4.15. The normalized spacial score (nSPS) is 11.6. The highest BCUT2D eigenvalue weighted by Gasteiger charge is 2.21. The molecule has 0 saturated carbocycles. The monoisotopic (exact) mass is 408 g/mol. The van der Waals surface area contributed by atoms with Gasteiger partial charge < -0.3 is 15.2 Å². The first-order valence-corrected chi connectivity index (χ1v) is 9.27. The Morgan fingerprint density at radius 2 is 1.93 bits per heavy atom. The van der Waals surface area contributed by atoms with Crippen molar-refractivity contribution in [1.82, 2.24) is 10.3 Å². The molecular weight excluding hydrogens is 387 g/mol. The van der Waals surface area contributed by atoms with Crippen LogP contribution < -0.4 is 10.1 Å². The second kappa shape index (κ2) is 9.17. The number of hydrogen-bond acceptors (Lipinski definition) is 4. The van der Waals surface area contributed by atoms with Gasteiger partial charge in [0.15, 0.2) is 0 Å². The van der Waals surface area contributed by atoms with Gasteiger partial charge in [0.25, 0.3) is 5.91 Å². The highest BCUT2D eigenvalue weighted by Crippen LogP contribution is 2.30. The largest absolute Gasteiger partial charge is 0.496 e. The molecule has 1 amide bonds. The molecule has 2 N–H and O–H groups in total. The zero-order valence-electron chi connectivity index (χ0n) is 16.6. The van der Waals surface area contributed by atoms with Gasteiger partial charge in [-0.1, -0.05) is 24.3 Å². The summed E-state index contributed by atoms with van der Waals surface area (Å²) in [7, 11) is 1.42. The molecular formula is C23H21FN2O4. The van der Waals surface area contributed by atoms with Gasteiger partial charge in [-0.3, -0.25) is 14.6 Å². The topological polar surface area (TPSA) is 88.5 Å². The van der Waals surface area contributed by atoms with E-state index in [4.69, 9.17) is 4.74 Å². The number of carboxylic acid groups (broad SMARTS) is 1. The molecule has 0 fully saturated rings. The average Bonchev–Trinajstić information content (AvgIpc) is 2.73. The first-order valence-electron chi connectivity index (χ1n) is 9.27. The molecule has 6 nitrogen and oxygen atoms in total. The minimum absolute atomic E-state index is 0.250. The van der Waals surface area contributed by atoms with Gasteiger partial charge in [0.05, 0.1) is 25.3 Å². The summed E-state index contributed by atoms with van der Waals surface area (Å²) in [6.45, 7) is 1.86. The number of amides is 1. The van der Waals surface area contributed by atoms with Gasteiger partial charge in [0.1, 0.15) is 11.6 Å². The van der Waals surface area contributed by atoms with E-state index >= 15 is 0 Å². The molecule has 0 aliphatic rings. The Kier molecular flexibility index (Phi) is 6.41. The van der Waals surface area contributed by atoms with Crippen LogP contribution in [-0.2, 0) is 4.79 Å². The number of carbonyl (C=O) groups is 2. The van der Waals surface area contributed by atoms with Crippen molar-refractivity contribution in [3.05, 3.63) is 83.3 Å². The molecule has 1 heterocycles. The highest BCUT2D eigenvalue weighted by molar-refractivity contribution is 5.95. The van der Waals surface area contributed by atoms with Crippen LogP contribution >= 0.6 is 0 Å². The number of aryl methyl sites for hydroxylation is 1. The van der Waals surface area contributed by atoms with Crippen molar-refractivity contribution >= 4 is 11.9 Å². The standard InChI is InChI=1S/C23H21FN2O4/c1-14-5-3-4-6-17(14)20(13-22(27)28)26-23(29)15-9-10-25-19(11-15)18-8-7-16(24)12-21(18)30-2/h3-12,20H,13H2,1-2H3,(H,26,29)(H,27,28)/t20-/m0/s1. The molecule has 0 saturated heterocycles. The maximum atomic E-state index is 13.5. The van der Waals surface area contributed by atoms with E-state index in [9.17, 15) is 19.1 Å². The van der Waals surface area contributed by atoms with Crippen LogP contribution in [0, 0.1) is 12.7 Å². The van der Waals surface area contributed by atoms with Crippen LogP contribution in [-0.4, -0.2) is 29.1 Å². The fourth-order valence-electron chi connectivity index (χ4n) is 3.23. The second-order valence-corrected chi connectivity index (χ2v) is 6.75. The van der Waals surface area contributed by atoms with Crippen molar-refractivity contribution in [2.24, 2.45) is 0 Å². The highest BCUT2D eigenvalue weighted by atomic mass is 19.1. The SMILES string of the molecule is COc1cc(F)ccc1-c1cc(C(=O)N[C@@H](CC(=O)O)c2ccccc2C)ccn1.